The Bertz CT molecular complexity index is 1040. The van der Waals surface area contributed by atoms with Crippen LogP contribution in [0, 0.1) is 5.82 Å². The summed E-state index contributed by atoms with van der Waals surface area (Å²) in [4.78, 5) is 1.82. The van der Waals surface area contributed by atoms with Crippen molar-refractivity contribution in [2.45, 2.75) is 24.7 Å². The Kier molecular flexibility index (Phi) is 7.71. The molecule has 4 rings (SSSR count). The van der Waals surface area contributed by atoms with Crippen LogP contribution in [0.15, 0.2) is 102 Å². The van der Waals surface area contributed by atoms with Crippen LogP contribution in [0.4, 0.5) is 4.39 Å². The van der Waals surface area contributed by atoms with Crippen LogP contribution in [0.25, 0.3) is 0 Å². The van der Waals surface area contributed by atoms with E-state index < -0.39 is 12.2 Å². The molecule has 0 unspecified atom stereocenters. The molecule has 2 atom stereocenters. The maximum atomic E-state index is 13.1. The predicted octanol–water partition coefficient (Wildman–Crippen LogP) is 4.77. The smallest absolute Gasteiger partial charge is 0.123 e. The summed E-state index contributed by atoms with van der Waals surface area (Å²) in [5.74, 6) is -0.337. The number of β-amino-alcohol motifs (C(OH)–C–C–N with tert-alkyl or cyclic N) is 2. The fourth-order valence-electron chi connectivity index (χ4n) is 3.96. The fraction of sp³-hybridized carbons (Fsp3) is 0.250. The summed E-state index contributed by atoms with van der Waals surface area (Å²) in [6, 6.07) is 26.0. The van der Waals surface area contributed by atoms with Crippen molar-refractivity contribution in [2.24, 2.45) is 0 Å². The van der Waals surface area contributed by atoms with Crippen molar-refractivity contribution in [3.8, 4) is 0 Å². The van der Waals surface area contributed by atoms with Gasteiger partial charge in [0.15, 0.2) is 0 Å². The Balaban J connectivity index is 1.37. The third-order valence-corrected chi connectivity index (χ3v) is 5.76. The van der Waals surface area contributed by atoms with Gasteiger partial charge in [-0.15, -0.1) is 5.73 Å². The molecular formula is C28H28FNO3. The van der Waals surface area contributed by atoms with E-state index in [2.05, 4.69) is 30.0 Å². The number of rotatable bonds is 9. The topological polar surface area (TPSA) is 52.9 Å². The molecule has 1 aliphatic rings. The van der Waals surface area contributed by atoms with Gasteiger partial charge in [0.25, 0.3) is 0 Å². The molecule has 0 saturated heterocycles. The van der Waals surface area contributed by atoms with Gasteiger partial charge in [-0.2, -0.15) is 0 Å². The van der Waals surface area contributed by atoms with E-state index in [1.165, 1.54) is 12.1 Å². The molecule has 0 spiro atoms. The molecule has 0 amide bonds. The van der Waals surface area contributed by atoms with E-state index in [0.717, 1.165) is 16.7 Å². The summed E-state index contributed by atoms with van der Waals surface area (Å²) in [6.45, 7) is 1.10. The van der Waals surface area contributed by atoms with E-state index in [1.54, 1.807) is 18.3 Å². The van der Waals surface area contributed by atoms with E-state index in [-0.39, 0.29) is 11.9 Å². The molecule has 0 aromatic heterocycles. The lowest BCUT2D eigenvalue weighted by Gasteiger charge is -2.29. The Morgan fingerprint density at radius 2 is 1.52 bits per heavy atom. The van der Waals surface area contributed by atoms with E-state index in [0.29, 0.717) is 31.7 Å². The number of aliphatic hydroxyl groups excluding tert-OH is 2. The van der Waals surface area contributed by atoms with Crippen LogP contribution in [-0.2, 0) is 4.74 Å². The maximum Gasteiger partial charge on any atom is 0.123 e. The monoisotopic (exact) mass is 445 g/mol. The number of nitrogens with zero attached hydrogens (tertiary/aromatic N) is 1. The van der Waals surface area contributed by atoms with E-state index in [1.807, 2.05) is 41.3 Å². The van der Waals surface area contributed by atoms with Gasteiger partial charge in [-0.1, -0.05) is 72.8 Å². The number of ether oxygens (including phenoxy) is 1. The molecule has 0 saturated carbocycles. The molecule has 4 nitrogen and oxygen atoms in total. The van der Waals surface area contributed by atoms with Crippen molar-refractivity contribution in [1.29, 1.82) is 0 Å². The van der Waals surface area contributed by atoms with Crippen molar-refractivity contribution in [2.75, 3.05) is 19.7 Å². The van der Waals surface area contributed by atoms with Gasteiger partial charge < -0.3 is 19.8 Å². The molecule has 1 heterocycles. The summed E-state index contributed by atoms with van der Waals surface area (Å²) in [6.07, 6.45) is 0.673. The van der Waals surface area contributed by atoms with Crippen LogP contribution in [0.2, 0.25) is 0 Å². The first-order valence-corrected chi connectivity index (χ1v) is 11.1. The van der Waals surface area contributed by atoms with Gasteiger partial charge in [-0.3, -0.25) is 0 Å². The quantitative estimate of drug-likeness (QED) is 0.466. The van der Waals surface area contributed by atoms with E-state index >= 15 is 0 Å². The van der Waals surface area contributed by atoms with Crippen LogP contribution >= 0.6 is 0 Å². The van der Waals surface area contributed by atoms with Crippen molar-refractivity contribution >= 4 is 0 Å². The van der Waals surface area contributed by atoms with Gasteiger partial charge in [0.2, 0.25) is 0 Å². The normalized spacial score (nSPS) is 16.7. The Morgan fingerprint density at radius 3 is 2.09 bits per heavy atom. The second-order valence-corrected chi connectivity index (χ2v) is 8.16. The second-order valence-electron chi connectivity index (χ2n) is 8.16. The number of halogens is 1. The average Bonchev–Trinajstić information content (AvgIpc) is 2.84. The highest BCUT2D eigenvalue weighted by molar-refractivity contribution is 5.30. The SMILES string of the molecule is O[C@H](CN1C=C=C(CCOC(c2ccccc2)c2ccccc2)[C@@H](O)C1)c1ccc(F)cc1. The van der Waals surface area contributed by atoms with Gasteiger partial charge >= 0.3 is 0 Å². The first-order chi connectivity index (χ1) is 16.1. The molecule has 3 aromatic carbocycles. The van der Waals surface area contributed by atoms with E-state index in [4.69, 9.17) is 4.74 Å². The summed E-state index contributed by atoms with van der Waals surface area (Å²) < 4.78 is 19.3. The summed E-state index contributed by atoms with van der Waals surface area (Å²) in [5.41, 5.74) is 6.73. The van der Waals surface area contributed by atoms with Crippen LogP contribution in [0.3, 0.4) is 0 Å². The van der Waals surface area contributed by atoms with Crippen LogP contribution in [-0.4, -0.2) is 40.9 Å². The first kappa shape index (κ1) is 23.0. The van der Waals surface area contributed by atoms with Gasteiger partial charge in [0.1, 0.15) is 11.9 Å². The highest BCUT2D eigenvalue weighted by Crippen LogP contribution is 2.27. The second kappa shape index (κ2) is 11.1. The molecule has 170 valence electrons. The van der Waals surface area contributed by atoms with E-state index in [9.17, 15) is 14.6 Å². The minimum atomic E-state index is -0.779. The Labute approximate surface area is 193 Å². The third kappa shape index (κ3) is 6.19. The van der Waals surface area contributed by atoms with Gasteiger partial charge in [0, 0.05) is 31.3 Å². The van der Waals surface area contributed by atoms with Crippen molar-refractivity contribution < 1.29 is 19.3 Å². The molecule has 2 N–H and O–H groups in total. The number of hydrogen-bond donors (Lipinski definition) is 2. The minimum absolute atomic E-state index is 0.180. The highest BCUT2D eigenvalue weighted by atomic mass is 19.1. The molecule has 33 heavy (non-hydrogen) atoms. The summed E-state index contributed by atoms with van der Waals surface area (Å²) in [5, 5.41) is 21.0. The van der Waals surface area contributed by atoms with Crippen LogP contribution in [0.5, 0.6) is 0 Å². The Hall–Kier alpha value is -3.21. The summed E-state index contributed by atoms with van der Waals surface area (Å²) >= 11 is 0. The largest absolute Gasteiger partial charge is 0.387 e. The fourth-order valence-corrected chi connectivity index (χ4v) is 3.96. The minimum Gasteiger partial charge on any atom is -0.387 e. The lowest BCUT2D eigenvalue weighted by atomic mass is 10.0. The lowest BCUT2D eigenvalue weighted by Crippen LogP contribution is -2.35. The van der Waals surface area contributed by atoms with Crippen molar-refractivity contribution in [3.05, 3.63) is 125 Å². The number of hydrogen-bond acceptors (Lipinski definition) is 4. The molecule has 0 aliphatic carbocycles. The molecule has 0 bridgehead atoms. The standard InChI is InChI=1S/C28H28FNO3/c29-25-13-11-21(12-14-25)26(31)19-30-17-15-22(27(32)20-30)16-18-33-28(23-7-3-1-4-8-23)24-9-5-2-6-10-24/h1-14,17,26-28,31-32H,16,18-20H2/t26-,27+/m1/s1. The van der Waals surface area contributed by atoms with Crippen LogP contribution in [0.1, 0.15) is 35.3 Å². The lowest BCUT2D eigenvalue weighted by molar-refractivity contribution is 0.0724. The summed E-state index contributed by atoms with van der Waals surface area (Å²) in [7, 11) is 0. The van der Waals surface area contributed by atoms with Crippen molar-refractivity contribution in [1.82, 2.24) is 4.90 Å². The third-order valence-electron chi connectivity index (χ3n) is 5.76. The van der Waals surface area contributed by atoms with Crippen LogP contribution < -0.4 is 0 Å². The molecule has 3 aromatic rings. The molecule has 0 fully saturated rings. The number of benzene rings is 3. The first-order valence-electron chi connectivity index (χ1n) is 11.1. The zero-order valence-electron chi connectivity index (χ0n) is 18.3. The van der Waals surface area contributed by atoms with Crippen molar-refractivity contribution in [3.63, 3.8) is 0 Å². The van der Waals surface area contributed by atoms with Gasteiger partial charge in [0.05, 0.1) is 18.8 Å². The van der Waals surface area contributed by atoms with Gasteiger partial charge in [-0.05, 0) is 28.8 Å². The zero-order valence-corrected chi connectivity index (χ0v) is 18.3. The van der Waals surface area contributed by atoms with Gasteiger partial charge in [-0.25, -0.2) is 4.39 Å². The molecular weight excluding hydrogens is 417 g/mol. The Morgan fingerprint density at radius 1 is 0.909 bits per heavy atom. The number of aliphatic hydroxyl groups is 2. The molecule has 5 heteroatoms. The zero-order chi connectivity index (χ0) is 23.0. The maximum absolute atomic E-state index is 13.1. The highest BCUT2D eigenvalue weighted by Gasteiger charge is 2.21. The average molecular weight is 446 g/mol. The predicted molar refractivity (Wildman–Crippen MR) is 126 cm³/mol. The molecule has 0 radical (unpaired) electrons. The molecule has 1 aliphatic heterocycles.